The van der Waals surface area contributed by atoms with Gasteiger partial charge in [0, 0.05) is 13.0 Å². The molecular formula is C17H27BN2O5S. The number of amides is 2. The van der Waals surface area contributed by atoms with E-state index in [1.54, 1.807) is 6.92 Å². The third kappa shape index (κ3) is 7.78. The molecule has 1 atom stereocenters. The number of hydrogen-bond acceptors (Lipinski definition) is 6. The van der Waals surface area contributed by atoms with E-state index < -0.39 is 19.5 Å². The first-order chi connectivity index (χ1) is 12.3. The molecule has 0 saturated carbocycles. The number of rotatable bonds is 10. The first kappa shape index (κ1) is 22.5. The molecule has 0 saturated heterocycles. The maximum Gasteiger partial charge on any atom is 0.635 e. The van der Waals surface area contributed by atoms with Crippen molar-refractivity contribution in [1.29, 1.82) is 0 Å². The fourth-order valence-electron chi connectivity index (χ4n) is 2.54. The molecule has 0 aliphatic rings. The normalized spacial score (nSPS) is 11.8. The molecule has 1 aromatic rings. The van der Waals surface area contributed by atoms with Crippen LogP contribution in [0, 0.1) is 13.8 Å². The Hall–Kier alpha value is -1.55. The van der Waals surface area contributed by atoms with Crippen molar-refractivity contribution in [3.05, 3.63) is 34.9 Å². The molecule has 7 nitrogen and oxygen atoms in total. The van der Waals surface area contributed by atoms with Gasteiger partial charge in [-0.25, -0.2) is 0 Å². The molecule has 0 aliphatic carbocycles. The number of benzene rings is 1. The lowest BCUT2D eigenvalue weighted by Crippen LogP contribution is -2.47. The highest BCUT2D eigenvalue weighted by molar-refractivity contribution is 7.99. The summed E-state index contributed by atoms with van der Waals surface area (Å²) in [7, 11) is -2.01. The maximum absolute atomic E-state index is 12.3. The number of carbonyl (C=O) groups is 2. The Labute approximate surface area is 159 Å². The van der Waals surface area contributed by atoms with Gasteiger partial charge >= 0.3 is 7.32 Å². The van der Waals surface area contributed by atoms with E-state index in [9.17, 15) is 9.59 Å². The standard InChI is InChI=1S/C17H27BN2O5S/c1-5-20(17(22)11-26-4)10-15(21)19-16(25-18(23)24)9-14-7-6-12(2)8-13(14)3/h6-8,16,23-24H,5,9-11H2,1-4H3,(H,19,21)/t16-/m1/s1. The number of carbonyl (C=O) groups excluding carboxylic acids is 2. The third-order valence-electron chi connectivity index (χ3n) is 3.85. The zero-order valence-corrected chi connectivity index (χ0v) is 16.5. The zero-order valence-electron chi connectivity index (χ0n) is 15.7. The maximum atomic E-state index is 12.3. The topological polar surface area (TPSA) is 99.1 Å². The molecule has 0 heterocycles. The average Bonchev–Trinajstić information content (AvgIpc) is 2.54. The van der Waals surface area contributed by atoms with Crippen LogP contribution in [0.1, 0.15) is 23.6 Å². The van der Waals surface area contributed by atoms with Crippen LogP contribution in [0.15, 0.2) is 18.2 Å². The number of nitrogens with one attached hydrogen (secondary N) is 1. The minimum absolute atomic E-state index is 0.107. The number of nitrogens with zero attached hydrogens (tertiary/aromatic N) is 1. The molecule has 0 unspecified atom stereocenters. The highest BCUT2D eigenvalue weighted by Crippen LogP contribution is 2.13. The third-order valence-corrected chi connectivity index (χ3v) is 4.38. The van der Waals surface area contributed by atoms with E-state index in [1.165, 1.54) is 16.7 Å². The van der Waals surface area contributed by atoms with E-state index in [-0.39, 0.29) is 18.9 Å². The van der Waals surface area contributed by atoms with Gasteiger partial charge in [-0.1, -0.05) is 23.8 Å². The van der Waals surface area contributed by atoms with Crippen LogP contribution in [0.25, 0.3) is 0 Å². The first-order valence-corrected chi connectivity index (χ1v) is 9.80. The van der Waals surface area contributed by atoms with E-state index in [1.807, 2.05) is 38.3 Å². The lowest BCUT2D eigenvalue weighted by Gasteiger charge is -2.24. The molecule has 0 bridgehead atoms. The van der Waals surface area contributed by atoms with Crippen LogP contribution >= 0.6 is 11.8 Å². The fraction of sp³-hybridized carbons (Fsp3) is 0.529. The highest BCUT2D eigenvalue weighted by atomic mass is 32.2. The molecule has 26 heavy (non-hydrogen) atoms. The number of thioether (sulfide) groups is 1. The van der Waals surface area contributed by atoms with Crippen LogP contribution in [-0.2, 0) is 20.7 Å². The second-order valence-corrected chi connectivity index (χ2v) is 6.86. The van der Waals surface area contributed by atoms with Crippen molar-refractivity contribution in [1.82, 2.24) is 10.2 Å². The van der Waals surface area contributed by atoms with Crippen molar-refractivity contribution < 1.29 is 24.3 Å². The van der Waals surface area contributed by atoms with Gasteiger partial charge in [0.05, 0.1) is 12.3 Å². The lowest BCUT2D eigenvalue weighted by molar-refractivity contribution is -0.135. The summed E-state index contributed by atoms with van der Waals surface area (Å²) in [6.45, 7) is 6.03. The van der Waals surface area contributed by atoms with Gasteiger partial charge in [0.2, 0.25) is 11.8 Å². The van der Waals surface area contributed by atoms with Gasteiger partial charge in [-0.3, -0.25) is 9.59 Å². The number of aryl methyl sites for hydroxylation is 2. The monoisotopic (exact) mass is 382 g/mol. The van der Waals surface area contributed by atoms with Crippen molar-refractivity contribution in [2.75, 3.05) is 25.1 Å². The largest absolute Gasteiger partial charge is 0.635 e. The summed E-state index contributed by atoms with van der Waals surface area (Å²) < 4.78 is 5.00. The van der Waals surface area contributed by atoms with Gasteiger partial charge in [0.15, 0.2) is 0 Å². The van der Waals surface area contributed by atoms with E-state index in [2.05, 4.69) is 5.32 Å². The lowest BCUT2D eigenvalue weighted by atomic mass is 10.0. The summed E-state index contributed by atoms with van der Waals surface area (Å²) in [5.41, 5.74) is 3.05. The Morgan fingerprint density at radius 1 is 1.35 bits per heavy atom. The van der Waals surface area contributed by atoms with E-state index in [0.29, 0.717) is 12.3 Å². The van der Waals surface area contributed by atoms with Gasteiger partial charge in [0.1, 0.15) is 6.23 Å². The Balaban J connectivity index is 2.76. The van der Waals surface area contributed by atoms with Gasteiger partial charge in [-0.15, -0.1) is 0 Å². The molecule has 0 fully saturated rings. The minimum Gasteiger partial charge on any atom is -0.402 e. The van der Waals surface area contributed by atoms with E-state index in [0.717, 1.165) is 16.7 Å². The molecule has 144 valence electrons. The average molecular weight is 382 g/mol. The Morgan fingerprint density at radius 2 is 2.04 bits per heavy atom. The Kier molecular flexibility index (Phi) is 9.71. The molecule has 0 radical (unpaired) electrons. The van der Waals surface area contributed by atoms with Crippen LogP contribution in [0.3, 0.4) is 0 Å². The fourth-order valence-corrected chi connectivity index (χ4v) is 2.97. The van der Waals surface area contributed by atoms with Gasteiger partial charge in [0.25, 0.3) is 0 Å². The minimum atomic E-state index is -2.01. The van der Waals surface area contributed by atoms with Gasteiger partial charge < -0.3 is 24.9 Å². The molecule has 2 amide bonds. The molecule has 3 N–H and O–H groups in total. The summed E-state index contributed by atoms with van der Waals surface area (Å²) in [6.07, 6.45) is 1.18. The van der Waals surface area contributed by atoms with E-state index in [4.69, 9.17) is 14.7 Å². The molecule has 1 rings (SSSR count). The summed E-state index contributed by atoms with van der Waals surface area (Å²) in [5, 5.41) is 20.9. The van der Waals surface area contributed by atoms with Gasteiger partial charge in [-0.2, -0.15) is 11.8 Å². The predicted octanol–water partition coefficient (Wildman–Crippen LogP) is 0.486. The first-order valence-electron chi connectivity index (χ1n) is 8.40. The van der Waals surface area contributed by atoms with Crippen molar-refractivity contribution in [2.24, 2.45) is 0 Å². The van der Waals surface area contributed by atoms with E-state index >= 15 is 0 Å². The number of likely N-dealkylation sites (N-methyl/N-ethyl adjacent to an activating group) is 1. The molecule has 0 aromatic heterocycles. The van der Waals surface area contributed by atoms with Crippen molar-refractivity contribution in [3.8, 4) is 0 Å². The van der Waals surface area contributed by atoms with Crippen LogP contribution in [0.4, 0.5) is 0 Å². The van der Waals surface area contributed by atoms with Crippen LogP contribution in [0.5, 0.6) is 0 Å². The Morgan fingerprint density at radius 3 is 2.58 bits per heavy atom. The van der Waals surface area contributed by atoms with Crippen molar-refractivity contribution in [3.63, 3.8) is 0 Å². The number of hydrogen-bond donors (Lipinski definition) is 3. The summed E-state index contributed by atoms with van der Waals surface area (Å²) in [4.78, 5) is 25.7. The second kappa shape index (κ2) is 11.2. The SMILES string of the molecule is CCN(CC(=O)N[C@@H](Cc1ccc(C)cc1C)OB(O)O)C(=O)CSC. The van der Waals surface area contributed by atoms with Crippen molar-refractivity contribution >= 4 is 30.9 Å². The van der Waals surface area contributed by atoms with Crippen molar-refractivity contribution in [2.45, 2.75) is 33.4 Å². The van der Waals surface area contributed by atoms with Crippen LogP contribution < -0.4 is 5.32 Å². The van der Waals surface area contributed by atoms with Crippen LogP contribution in [-0.4, -0.2) is 65.4 Å². The zero-order chi connectivity index (χ0) is 19.7. The summed E-state index contributed by atoms with van der Waals surface area (Å²) in [6, 6.07) is 5.86. The van der Waals surface area contributed by atoms with Crippen LogP contribution in [0.2, 0.25) is 0 Å². The molecule has 9 heteroatoms. The molecular weight excluding hydrogens is 355 g/mol. The Bertz CT molecular complexity index is 615. The molecule has 0 spiro atoms. The highest BCUT2D eigenvalue weighted by Gasteiger charge is 2.23. The predicted molar refractivity (Wildman–Crippen MR) is 103 cm³/mol. The second-order valence-electron chi connectivity index (χ2n) is 5.99. The molecule has 1 aromatic carbocycles. The summed E-state index contributed by atoms with van der Waals surface area (Å²) >= 11 is 1.39. The summed E-state index contributed by atoms with van der Waals surface area (Å²) in [5.74, 6) is -0.236. The quantitative estimate of drug-likeness (QED) is 0.402. The molecule has 0 aliphatic heterocycles. The smallest absolute Gasteiger partial charge is 0.402 e. The van der Waals surface area contributed by atoms with Gasteiger partial charge in [-0.05, 0) is 38.2 Å².